The summed E-state index contributed by atoms with van der Waals surface area (Å²) in [5.41, 5.74) is 0.899. The minimum atomic E-state index is -0.788. The number of H-pyrrole nitrogens is 1. The Morgan fingerprint density at radius 2 is 2.18 bits per heavy atom. The maximum absolute atomic E-state index is 13.5. The third-order valence-electron chi connectivity index (χ3n) is 6.51. The van der Waals surface area contributed by atoms with E-state index in [1.807, 2.05) is 32.0 Å². The van der Waals surface area contributed by atoms with Gasteiger partial charge in [0.15, 0.2) is 0 Å². The van der Waals surface area contributed by atoms with Crippen LogP contribution in [0.2, 0.25) is 0 Å². The second kappa shape index (κ2) is 8.77. The molecule has 9 heteroatoms. The van der Waals surface area contributed by atoms with Gasteiger partial charge in [-0.05, 0) is 42.9 Å². The summed E-state index contributed by atoms with van der Waals surface area (Å²) in [4.78, 5) is 43.2. The molecule has 0 bridgehead atoms. The van der Waals surface area contributed by atoms with Crippen molar-refractivity contribution >= 4 is 28.6 Å². The van der Waals surface area contributed by atoms with E-state index in [0.29, 0.717) is 37.4 Å². The Bertz CT molecular complexity index is 1130. The molecule has 1 aromatic heterocycles. The summed E-state index contributed by atoms with van der Waals surface area (Å²) in [7, 11) is 1.58. The molecule has 0 radical (unpaired) electrons. The number of fused-ring (bicyclic) bond motifs is 1. The van der Waals surface area contributed by atoms with Crippen LogP contribution in [0.5, 0.6) is 5.75 Å². The molecule has 2 aliphatic rings. The highest BCUT2D eigenvalue weighted by atomic mass is 16.5. The normalized spacial score (nSPS) is 22.6. The van der Waals surface area contributed by atoms with Crippen molar-refractivity contribution in [2.24, 2.45) is 11.3 Å². The van der Waals surface area contributed by atoms with Gasteiger partial charge in [-0.2, -0.15) is 5.26 Å². The molecule has 0 spiro atoms. The summed E-state index contributed by atoms with van der Waals surface area (Å²) in [6.07, 6.45) is 1.40. The van der Waals surface area contributed by atoms with Crippen LogP contribution in [-0.2, 0) is 9.59 Å². The number of nitrogens with one attached hydrogen (secondary N) is 3. The summed E-state index contributed by atoms with van der Waals surface area (Å²) in [5, 5.41) is 15.9. The predicted molar refractivity (Wildman–Crippen MR) is 121 cm³/mol. The van der Waals surface area contributed by atoms with Gasteiger partial charge >= 0.3 is 0 Å². The van der Waals surface area contributed by atoms with E-state index in [2.05, 4.69) is 21.7 Å². The molecule has 2 aliphatic heterocycles. The number of aromatic amines is 1. The Kier molecular flexibility index (Phi) is 6.02. The van der Waals surface area contributed by atoms with Crippen molar-refractivity contribution in [1.29, 1.82) is 5.26 Å². The quantitative estimate of drug-likeness (QED) is 0.619. The summed E-state index contributed by atoms with van der Waals surface area (Å²) in [5.74, 6) is -0.353. The van der Waals surface area contributed by atoms with E-state index in [-0.39, 0.29) is 35.5 Å². The van der Waals surface area contributed by atoms with Crippen molar-refractivity contribution < 1.29 is 19.1 Å². The number of carbonyl (C=O) groups excluding carboxylic acids is 3. The van der Waals surface area contributed by atoms with Crippen LogP contribution in [0.4, 0.5) is 0 Å². The zero-order chi connectivity index (χ0) is 23.8. The highest BCUT2D eigenvalue weighted by molar-refractivity contribution is 6.01. The number of nitrogens with zero attached hydrogens (tertiary/aromatic N) is 2. The molecular formula is C24H29N5O4. The van der Waals surface area contributed by atoms with Gasteiger partial charge in [-0.1, -0.05) is 19.9 Å². The molecule has 2 fully saturated rings. The van der Waals surface area contributed by atoms with Crippen LogP contribution < -0.4 is 15.4 Å². The van der Waals surface area contributed by atoms with Gasteiger partial charge in [0.1, 0.15) is 23.5 Å². The molecule has 3 unspecified atom stereocenters. The monoisotopic (exact) mass is 451 g/mol. The van der Waals surface area contributed by atoms with Gasteiger partial charge in [0.25, 0.3) is 5.91 Å². The van der Waals surface area contributed by atoms with Crippen LogP contribution in [0, 0.1) is 22.7 Å². The first-order valence-electron chi connectivity index (χ1n) is 11.2. The van der Waals surface area contributed by atoms with E-state index in [9.17, 15) is 19.6 Å². The zero-order valence-corrected chi connectivity index (χ0v) is 19.1. The summed E-state index contributed by atoms with van der Waals surface area (Å²) < 4.78 is 5.39. The minimum absolute atomic E-state index is 0.0856. The summed E-state index contributed by atoms with van der Waals surface area (Å²) >= 11 is 0. The van der Waals surface area contributed by atoms with Crippen molar-refractivity contribution in [2.75, 3.05) is 20.2 Å². The van der Waals surface area contributed by atoms with E-state index < -0.39 is 12.1 Å². The molecule has 9 nitrogen and oxygen atoms in total. The number of methoxy groups -OCH3 is 1. The predicted octanol–water partition coefficient (Wildman–Crippen LogP) is 1.95. The van der Waals surface area contributed by atoms with Crippen LogP contribution in [0.1, 0.15) is 43.6 Å². The molecule has 3 N–H and O–H groups in total. The Labute approximate surface area is 192 Å². The van der Waals surface area contributed by atoms with Crippen LogP contribution >= 0.6 is 0 Å². The lowest BCUT2D eigenvalue weighted by Crippen LogP contribution is -2.49. The second-order valence-corrected chi connectivity index (χ2v) is 9.62. The zero-order valence-electron chi connectivity index (χ0n) is 19.1. The first kappa shape index (κ1) is 22.6. The number of amides is 3. The molecule has 3 heterocycles. The Hall–Kier alpha value is -3.54. The Morgan fingerprint density at radius 1 is 1.39 bits per heavy atom. The van der Waals surface area contributed by atoms with E-state index >= 15 is 0 Å². The Balaban J connectivity index is 1.53. The molecule has 2 saturated heterocycles. The van der Waals surface area contributed by atoms with Crippen molar-refractivity contribution in [3.8, 4) is 11.8 Å². The van der Waals surface area contributed by atoms with E-state index in [1.165, 1.54) is 0 Å². The number of hydrogen-bond acceptors (Lipinski definition) is 5. The van der Waals surface area contributed by atoms with Crippen LogP contribution in [-0.4, -0.2) is 59.9 Å². The molecule has 0 saturated carbocycles. The molecule has 2 aromatic rings. The number of carbonyl (C=O) groups is 3. The number of likely N-dealkylation sites (tertiary alicyclic amines) is 1. The average molecular weight is 452 g/mol. The second-order valence-electron chi connectivity index (χ2n) is 9.62. The van der Waals surface area contributed by atoms with Crippen LogP contribution in [0.3, 0.4) is 0 Å². The first-order chi connectivity index (χ1) is 15.7. The first-order valence-corrected chi connectivity index (χ1v) is 11.2. The van der Waals surface area contributed by atoms with Gasteiger partial charge in [-0.15, -0.1) is 0 Å². The number of hydrogen-bond donors (Lipinski definition) is 3. The van der Waals surface area contributed by atoms with E-state index in [1.54, 1.807) is 18.1 Å². The van der Waals surface area contributed by atoms with Gasteiger partial charge in [-0.3, -0.25) is 14.4 Å². The number of nitriles is 1. The topological polar surface area (TPSA) is 127 Å². The largest absolute Gasteiger partial charge is 0.496 e. The lowest BCUT2D eigenvalue weighted by Gasteiger charge is -2.25. The number of benzene rings is 1. The number of ether oxygens (including phenoxy) is 1. The highest BCUT2D eigenvalue weighted by Gasteiger charge is 2.44. The SMILES string of the molecule is COc1cccc2[nH]c(C(=O)N3CC(C)(C)CC3C(=O)NC(C#N)CC3CCNC3=O)cc12. The van der Waals surface area contributed by atoms with Crippen LogP contribution in [0.25, 0.3) is 10.9 Å². The van der Waals surface area contributed by atoms with E-state index in [4.69, 9.17) is 4.74 Å². The fourth-order valence-corrected chi connectivity index (χ4v) is 4.86. The van der Waals surface area contributed by atoms with Crippen molar-refractivity contribution in [1.82, 2.24) is 20.5 Å². The maximum Gasteiger partial charge on any atom is 0.271 e. The molecule has 1 aromatic carbocycles. The third kappa shape index (κ3) is 4.51. The maximum atomic E-state index is 13.5. The van der Waals surface area contributed by atoms with Crippen molar-refractivity contribution in [2.45, 2.75) is 45.2 Å². The van der Waals surface area contributed by atoms with Gasteiger partial charge in [0, 0.05) is 29.9 Å². The molecule has 0 aliphatic carbocycles. The fraction of sp³-hybridized carbons (Fsp3) is 0.500. The van der Waals surface area contributed by atoms with Crippen molar-refractivity contribution in [3.63, 3.8) is 0 Å². The molecule has 4 rings (SSSR count). The third-order valence-corrected chi connectivity index (χ3v) is 6.51. The summed E-state index contributed by atoms with van der Waals surface area (Å²) in [6, 6.07) is 7.88. The number of rotatable bonds is 6. The standard InChI is InChI=1S/C24H29N5O4/c1-24(2)11-19(22(31)27-15(12-25)9-14-7-8-26-21(14)30)29(13-24)23(32)18-10-16-17(28-18)5-4-6-20(16)33-3/h4-6,10,14-15,19,28H,7-9,11,13H2,1-3H3,(H,26,30)(H,27,31). The molecule has 33 heavy (non-hydrogen) atoms. The van der Waals surface area contributed by atoms with Gasteiger partial charge in [0.2, 0.25) is 11.8 Å². The Morgan fingerprint density at radius 3 is 2.85 bits per heavy atom. The lowest BCUT2D eigenvalue weighted by atomic mass is 9.90. The minimum Gasteiger partial charge on any atom is -0.496 e. The van der Waals surface area contributed by atoms with Crippen molar-refractivity contribution in [3.05, 3.63) is 30.0 Å². The fourth-order valence-electron chi connectivity index (χ4n) is 4.86. The summed E-state index contributed by atoms with van der Waals surface area (Å²) in [6.45, 7) is 5.03. The molecule has 174 valence electrons. The highest BCUT2D eigenvalue weighted by Crippen LogP contribution is 2.36. The smallest absolute Gasteiger partial charge is 0.271 e. The lowest BCUT2D eigenvalue weighted by molar-refractivity contribution is -0.126. The number of aromatic nitrogens is 1. The molecular weight excluding hydrogens is 422 g/mol. The molecule has 3 atom stereocenters. The average Bonchev–Trinajstić information content (AvgIpc) is 3.48. The van der Waals surface area contributed by atoms with Gasteiger partial charge in [0.05, 0.1) is 13.2 Å². The molecule has 3 amide bonds. The van der Waals surface area contributed by atoms with Gasteiger partial charge < -0.3 is 25.3 Å². The van der Waals surface area contributed by atoms with Gasteiger partial charge in [-0.25, -0.2) is 0 Å². The van der Waals surface area contributed by atoms with E-state index in [0.717, 1.165) is 10.9 Å². The van der Waals surface area contributed by atoms with Crippen LogP contribution in [0.15, 0.2) is 24.3 Å².